The van der Waals surface area contributed by atoms with Gasteiger partial charge in [0.15, 0.2) is 5.78 Å². The molecule has 0 aromatic rings. The summed E-state index contributed by atoms with van der Waals surface area (Å²) in [6.07, 6.45) is 4.15. The molecule has 0 amide bonds. The lowest BCUT2D eigenvalue weighted by Crippen LogP contribution is -2.24. The van der Waals surface area contributed by atoms with Crippen molar-refractivity contribution in [1.29, 1.82) is 0 Å². The van der Waals surface area contributed by atoms with Crippen LogP contribution in [0.5, 0.6) is 0 Å². The van der Waals surface area contributed by atoms with Crippen LogP contribution in [0.4, 0.5) is 0 Å². The van der Waals surface area contributed by atoms with Crippen molar-refractivity contribution in [2.45, 2.75) is 44.8 Å². The van der Waals surface area contributed by atoms with Gasteiger partial charge in [-0.25, -0.2) is 0 Å². The molecule has 2 aliphatic heterocycles. The van der Waals surface area contributed by atoms with E-state index in [9.17, 15) is 4.79 Å². The average Bonchev–Trinajstić information content (AvgIpc) is 2.74. The van der Waals surface area contributed by atoms with E-state index in [1.54, 1.807) is 6.92 Å². The van der Waals surface area contributed by atoms with Crippen LogP contribution in [0, 0.1) is 17.8 Å². The van der Waals surface area contributed by atoms with Gasteiger partial charge in [0, 0.05) is 5.92 Å². The minimum absolute atomic E-state index is 0.152. The van der Waals surface area contributed by atoms with Crippen molar-refractivity contribution in [3.05, 3.63) is 0 Å². The van der Waals surface area contributed by atoms with E-state index in [1.165, 1.54) is 0 Å². The summed E-state index contributed by atoms with van der Waals surface area (Å²) in [4.78, 5) is 11.6. The van der Waals surface area contributed by atoms with Crippen molar-refractivity contribution in [1.82, 2.24) is 0 Å². The van der Waals surface area contributed by atoms with E-state index in [2.05, 4.69) is 11.8 Å². The number of Topliss-reactive ketones (excluding diaryl/α,β-unsaturated/α-hetero) is 1. The fraction of sp³-hybridized carbons (Fsp3) is 0.727. The fourth-order valence-electron chi connectivity index (χ4n) is 2.28. The maximum absolute atomic E-state index is 11.6. The van der Waals surface area contributed by atoms with Crippen LogP contribution in [0.2, 0.25) is 0 Å². The van der Waals surface area contributed by atoms with Crippen LogP contribution >= 0.6 is 0 Å². The summed E-state index contributed by atoms with van der Waals surface area (Å²) < 4.78 is 5.62. The number of carbonyl (C=O) groups excluding carboxylic acids is 1. The van der Waals surface area contributed by atoms with Crippen molar-refractivity contribution in [3.8, 4) is 11.8 Å². The van der Waals surface area contributed by atoms with Crippen LogP contribution in [-0.2, 0) is 9.53 Å². The summed E-state index contributed by atoms with van der Waals surface area (Å²) in [6, 6.07) is 0. The van der Waals surface area contributed by atoms with Crippen molar-refractivity contribution in [2.75, 3.05) is 0 Å². The van der Waals surface area contributed by atoms with Crippen LogP contribution in [0.3, 0.4) is 0 Å². The topological polar surface area (TPSA) is 26.3 Å². The molecule has 0 aliphatic carbocycles. The van der Waals surface area contributed by atoms with Gasteiger partial charge in [-0.1, -0.05) is 5.92 Å². The van der Waals surface area contributed by atoms with Gasteiger partial charge in [0.2, 0.25) is 0 Å². The van der Waals surface area contributed by atoms with Gasteiger partial charge < -0.3 is 4.74 Å². The summed E-state index contributed by atoms with van der Waals surface area (Å²) in [6.45, 7) is 1.77. The maximum atomic E-state index is 11.6. The number of hydrogen-bond donors (Lipinski definition) is 0. The Labute approximate surface area is 78.7 Å². The largest absolute Gasteiger partial charge is 0.374 e. The molecule has 0 aromatic heterocycles. The van der Waals surface area contributed by atoms with Gasteiger partial charge in [-0.2, -0.15) is 0 Å². The molecule has 3 atom stereocenters. The highest BCUT2D eigenvalue weighted by atomic mass is 16.5. The first-order chi connectivity index (χ1) is 6.31. The van der Waals surface area contributed by atoms with Gasteiger partial charge >= 0.3 is 0 Å². The van der Waals surface area contributed by atoms with Gasteiger partial charge in [-0.05, 0) is 26.2 Å². The Morgan fingerprint density at radius 1 is 1.54 bits per heavy atom. The van der Waals surface area contributed by atoms with E-state index in [-0.39, 0.29) is 17.8 Å². The van der Waals surface area contributed by atoms with E-state index in [0.29, 0.717) is 12.5 Å². The molecule has 0 aromatic carbocycles. The standard InChI is InChI=1S/C11H14O2/c1-2-3-4-10(12)9-7-8-5-6-11(9)13-8/h8-9,11H,4-7H2,1H3. The quantitative estimate of drug-likeness (QED) is 0.599. The number of carbonyl (C=O) groups is 1. The van der Waals surface area contributed by atoms with Crippen LogP contribution in [0.15, 0.2) is 0 Å². The molecule has 3 unspecified atom stereocenters. The third-order valence-electron chi connectivity index (χ3n) is 2.96. The lowest BCUT2D eigenvalue weighted by molar-refractivity contribution is -0.123. The van der Waals surface area contributed by atoms with Crippen LogP contribution in [0.1, 0.15) is 32.6 Å². The number of ketones is 1. The van der Waals surface area contributed by atoms with E-state index in [1.807, 2.05) is 0 Å². The van der Waals surface area contributed by atoms with Gasteiger partial charge in [-0.3, -0.25) is 4.79 Å². The minimum Gasteiger partial charge on any atom is -0.374 e. The van der Waals surface area contributed by atoms with Gasteiger partial charge in [0.05, 0.1) is 18.6 Å². The van der Waals surface area contributed by atoms with Gasteiger partial charge in [0.1, 0.15) is 0 Å². The highest BCUT2D eigenvalue weighted by Crippen LogP contribution is 2.39. The molecule has 2 nitrogen and oxygen atoms in total. The van der Waals surface area contributed by atoms with Crippen LogP contribution in [-0.4, -0.2) is 18.0 Å². The van der Waals surface area contributed by atoms with E-state index in [0.717, 1.165) is 19.3 Å². The third-order valence-corrected chi connectivity index (χ3v) is 2.96. The molecular weight excluding hydrogens is 164 g/mol. The molecule has 2 saturated heterocycles. The Hall–Kier alpha value is -0.810. The Balaban J connectivity index is 1.93. The molecular formula is C11H14O2. The Kier molecular flexibility index (Phi) is 2.37. The van der Waals surface area contributed by atoms with E-state index in [4.69, 9.17) is 4.74 Å². The van der Waals surface area contributed by atoms with Gasteiger partial charge in [0.25, 0.3) is 0 Å². The minimum atomic E-state index is 0.152. The predicted molar refractivity (Wildman–Crippen MR) is 49.1 cm³/mol. The number of fused-ring (bicyclic) bond motifs is 2. The summed E-state index contributed by atoms with van der Waals surface area (Å²) >= 11 is 0. The molecule has 2 heteroatoms. The molecule has 2 fully saturated rings. The van der Waals surface area contributed by atoms with Crippen LogP contribution < -0.4 is 0 Å². The number of hydrogen-bond acceptors (Lipinski definition) is 2. The Morgan fingerprint density at radius 2 is 2.38 bits per heavy atom. The first-order valence-electron chi connectivity index (χ1n) is 4.89. The maximum Gasteiger partial charge on any atom is 0.150 e. The highest BCUT2D eigenvalue weighted by Gasteiger charge is 2.43. The normalized spacial score (nSPS) is 35.6. The summed E-state index contributed by atoms with van der Waals surface area (Å²) in [5.74, 6) is 6.02. The first kappa shape index (κ1) is 8.77. The molecule has 0 spiro atoms. The number of rotatable bonds is 2. The summed E-state index contributed by atoms with van der Waals surface area (Å²) in [5, 5.41) is 0. The molecule has 0 N–H and O–H groups in total. The van der Waals surface area contributed by atoms with Crippen LogP contribution in [0.25, 0.3) is 0 Å². The first-order valence-corrected chi connectivity index (χ1v) is 4.89. The monoisotopic (exact) mass is 178 g/mol. The second-order valence-electron chi connectivity index (χ2n) is 3.79. The molecule has 2 aliphatic rings. The molecule has 13 heavy (non-hydrogen) atoms. The smallest absolute Gasteiger partial charge is 0.150 e. The van der Waals surface area contributed by atoms with E-state index >= 15 is 0 Å². The number of ether oxygens (including phenoxy) is 1. The molecule has 0 saturated carbocycles. The second-order valence-corrected chi connectivity index (χ2v) is 3.79. The Morgan fingerprint density at radius 3 is 2.92 bits per heavy atom. The van der Waals surface area contributed by atoms with Crippen molar-refractivity contribution in [3.63, 3.8) is 0 Å². The molecule has 2 heterocycles. The summed E-state index contributed by atoms with van der Waals surface area (Å²) in [7, 11) is 0. The zero-order chi connectivity index (χ0) is 9.26. The second kappa shape index (κ2) is 3.51. The zero-order valence-electron chi connectivity index (χ0n) is 7.88. The Bertz CT molecular complexity index is 272. The SMILES string of the molecule is CC#CCC(=O)C1CC2CCC1O2. The average molecular weight is 178 g/mol. The molecule has 2 rings (SSSR count). The van der Waals surface area contributed by atoms with Crippen molar-refractivity contribution >= 4 is 5.78 Å². The molecule has 2 bridgehead atoms. The van der Waals surface area contributed by atoms with E-state index < -0.39 is 0 Å². The zero-order valence-corrected chi connectivity index (χ0v) is 7.88. The van der Waals surface area contributed by atoms with Crippen molar-refractivity contribution < 1.29 is 9.53 Å². The molecule has 70 valence electrons. The lowest BCUT2D eigenvalue weighted by Gasteiger charge is -2.15. The predicted octanol–water partition coefficient (Wildman–Crippen LogP) is 1.54. The molecule has 0 radical (unpaired) electrons. The van der Waals surface area contributed by atoms with Gasteiger partial charge in [-0.15, -0.1) is 5.92 Å². The highest BCUT2D eigenvalue weighted by molar-refractivity contribution is 5.84. The summed E-state index contributed by atoms with van der Waals surface area (Å²) in [5.41, 5.74) is 0. The van der Waals surface area contributed by atoms with Crippen molar-refractivity contribution in [2.24, 2.45) is 5.92 Å². The third kappa shape index (κ3) is 1.62. The fourth-order valence-corrected chi connectivity index (χ4v) is 2.28. The lowest BCUT2D eigenvalue weighted by atomic mass is 9.85.